The molecule has 2 nitrogen and oxygen atoms in total. The highest BCUT2D eigenvalue weighted by atomic mass is 79.9. The van der Waals surface area contributed by atoms with E-state index in [4.69, 9.17) is 11.6 Å². The molecule has 0 aliphatic rings. The molecular formula is C17H10Br3ClO2. The summed E-state index contributed by atoms with van der Waals surface area (Å²) in [4.78, 5) is 25.0. The summed E-state index contributed by atoms with van der Waals surface area (Å²) < 4.78 is 1.73. The Bertz CT molecular complexity index is 765. The molecule has 0 aliphatic carbocycles. The van der Waals surface area contributed by atoms with Crippen LogP contribution < -0.4 is 0 Å². The highest BCUT2D eigenvalue weighted by Crippen LogP contribution is 2.23. The third kappa shape index (κ3) is 4.63. The second-order valence-corrected chi connectivity index (χ2v) is 7.37. The molecule has 0 aromatic heterocycles. The average Bonchev–Trinajstić information content (AvgIpc) is 2.56. The van der Waals surface area contributed by atoms with Crippen LogP contribution in [0.5, 0.6) is 0 Å². The molecule has 0 amide bonds. The van der Waals surface area contributed by atoms with Crippen molar-refractivity contribution in [1.29, 1.82) is 0 Å². The number of alkyl halides is 1. The lowest BCUT2D eigenvalue weighted by atomic mass is 10.0. The molecule has 0 unspecified atom stereocenters. The highest BCUT2D eigenvalue weighted by Gasteiger charge is 2.21. The standard InChI is InChI=1S/C17H10Br3ClO2/c18-9-14(16(22)10-1-5-12(19)6-2-10)15(21)17(23)11-3-7-13(20)8-4-11/h1-8H,9H2/b15-14+. The van der Waals surface area contributed by atoms with Gasteiger partial charge in [-0.1, -0.05) is 59.4 Å². The van der Waals surface area contributed by atoms with E-state index in [0.29, 0.717) is 11.1 Å². The zero-order valence-corrected chi connectivity index (χ0v) is 17.2. The van der Waals surface area contributed by atoms with Crippen molar-refractivity contribution in [2.75, 3.05) is 5.33 Å². The zero-order valence-electron chi connectivity index (χ0n) is 11.7. The van der Waals surface area contributed by atoms with E-state index in [-0.39, 0.29) is 27.5 Å². The lowest BCUT2D eigenvalue weighted by molar-refractivity contribution is 0.101. The third-order valence-corrected chi connectivity index (χ3v) is 5.10. The van der Waals surface area contributed by atoms with Crippen LogP contribution in [0.4, 0.5) is 0 Å². The SMILES string of the molecule is O=C(/C(Cl)=C(/CBr)C(=O)c1ccc(Br)cc1)c1ccc(Br)cc1. The summed E-state index contributed by atoms with van der Waals surface area (Å²) in [6.45, 7) is 0. The number of halogens is 4. The van der Waals surface area contributed by atoms with Crippen LogP contribution in [0.1, 0.15) is 20.7 Å². The molecule has 2 rings (SSSR count). The van der Waals surface area contributed by atoms with Gasteiger partial charge in [0.2, 0.25) is 5.78 Å². The van der Waals surface area contributed by atoms with Crippen LogP contribution in [0.25, 0.3) is 0 Å². The van der Waals surface area contributed by atoms with Crippen LogP contribution in [0, 0.1) is 0 Å². The minimum absolute atomic E-state index is 0.0721. The maximum atomic E-state index is 12.6. The van der Waals surface area contributed by atoms with Crippen molar-refractivity contribution in [1.82, 2.24) is 0 Å². The van der Waals surface area contributed by atoms with Crippen LogP contribution in [0.3, 0.4) is 0 Å². The molecule has 0 N–H and O–H groups in total. The fourth-order valence-electron chi connectivity index (χ4n) is 1.86. The minimum Gasteiger partial charge on any atom is -0.289 e. The van der Waals surface area contributed by atoms with Gasteiger partial charge in [-0.3, -0.25) is 9.59 Å². The minimum atomic E-state index is -0.376. The molecule has 0 spiro atoms. The Kier molecular flexibility index (Phi) is 6.77. The predicted octanol–water partition coefficient (Wildman–Crippen LogP) is 6.17. The van der Waals surface area contributed by atoms with Crippen molar-refractivity contribution in [2.45, 2.75) is 0 Å². The van der Waals surface area contributed by atoms with Crippen molar-refractivity contribution >= 4 is 71.0 Å². The van der Waals surface area contributed by atoms with Crippen molar-refractivity contribution in [3.8, 4) is 0 Å². The Hall–Kier alpha value is -0.750. The predicted molar refractivity (Wildman–Crippen MR) is 104 cm³/mol. The van der Waals surface area contributed by atoms with Gasteiger partial charge < -0.3 is 0 Å². The van der Waals surface area contributed by atoms with Crippen LogP contribution in [-0.2, 0) is 0 Å². The van der Waals surface area contributed by atoms with E-state index in [1.54, 1.807) is 48.5 Å². The Morgan fingerprint density at radius 1 is 0.783 bits per heavy atom. The van der Waals surface area contributed by atoms with Crippen molar-refractivity contribution < 1.29 is 9.59 Å². The van der Waals surface area contributed by atoms with E-state index in [0.717, 1.165) is 8.95 Å². The molecule has 0 fully saturated rings. The number of benzene rings is 2. The van der Waals surface area contributed by atoms with E-state index < -0.39 is 0 Å². The van der Waals surface area contributed by atoms with Crippen molar-refractivity contribution in [3.63, 3.8) is 0 Å². The molecule has 23 heavy (non-hydrogen) atoms. The molecule has 2 aromatic carbocycles. The van der Waals surface area contributed by atoms with Crippen molar-refractivity contribution in [2.24, 2.45) is 0 Å². The van der Waals surface area contributed by atoms with Gasteiger partial charge in [-0.05, 0) is 48.5 Å². The number of carbonyl (C=O) groups is 2. The van der Waals surface area contributed by atoms with Gasteiger partial charge in [0.25, 0.3) is 0 Å². The van der Waals surface area contributed by atoms with Gasteiger partial charge in [-0.25, -0.2) is 0 Å². The number of carbonyl (C=O) groups excluding carboxylic acids is 2. The molecule has 0 radical (unpaired) electrons. The summed E-state index contributed by atoms with van der Waals surface area (Å²) >= 11 is 16.1. The molecule has 0 saturated heterocycles. The smallest absolute Gasteiger partial charge is 0.204 e. The largest absolute Gasteiger partial charge is 0.289 e. The van der Waals surface area contributed by atoms with E-state index in [1.807, 2.05) is 0 Å². The van der Waals surface area contributed by atoms with Crippen LogP contribution in [0.2, 0.25) is 0 Å². The number of ketones is 2. The van der Waals surface area contributed by atoms with Gasteiger partial charge in [-0.15, -0.1) is 0 Å². The summed E-state index contributed by atoms with van der Waals surface area (Å²) in [6.07, 6.45) is 0. The molecule has 0 saturated carbocycles. The fraction of sp³-hybridized carbons (Fsp3) is 0.0588. The Morgan fingerprint density at radius 2 is 1.17 bits per heavy atom. The fourth-order valence-corrected chi connectivity index (χ4v) is 3.35. The molecule has 0 atom stereocenters. The van der Waals surface area contributed by atoms with Gasteiger partial charge in [0, 0.05) is 31.0 Å². The number of hydrogen-bond donors (Lipinski definition) is 0. The van der Waals surface area contributed by atoms with Crippen LogP contribution in [-0.4, -0.2) is 16.9 Å². The summed E-state index contributed by atoms with van der Waals surface area (Å²) in [5, 5.41) is 0.125. The second kappa shape index (κ2) is 8.38. The maximum absolute atomic E-state index is 12.6. The van der Waals surface area contributed by atoms with Gasteiger partial charge in [0.05, 0.1) is 5.03 Å². The topological polar surface area (TPSA) is 34.1 Å². The second-order valence-electron chi connectivity index (χ2n) is 4.60. The Labute approximate surface area is 164 Å². The average molecular weight is 521 g/mol. The first-order chi connectivity index (χ1) is 10.9. The number of Topliss-reactive ketones (excluding diaryl/α,β-unsaturated/α-hetero) is 2. The maximum Gasteiger partial charge on any atom is 0.204 e. The first kappa shape index (κ1) is 18.6. The normalized spacial score (nSPS) is 11.8. The van der Waals surface area contributed by atoms with E-state index in [2.05, 4.69) is 47.8 Å². The lowest BCUT2D eigenvalue weighted by Crippen LogP contribution is -2.11. The summed E-state index contributed by atoms with van der Waals surface area (Å²) in [5.74, 6) is -0.649. The summed E-state index contributed by atoms with van der Waals surface area (Å²) in [6, 6.07) is 13.7. The van der Waals surface area contributed by atoms with Gasteiger partial charge in [0.15, 0.2) is 5.78 Å². The Morgan fingerprint density at radius 3 is 1.57 bits per heavy atom. The third-order valence-electron chi connectivity index (χ3n) is 3.08. The lowest BCUT2D eigenvalue weighted by Gasteiger charge is -2.07. The number of rotatable bonds is 5. The van der Waals surface area contributed by atoms with E-state index in [1.165, 1.54) is 0 Å². The highest BCUT2D eigenvalue weighted by molar-refractivity contribution is 9.10. The van der Waals surface area contributed by atoms with Crippen LogP contribution in [0.15, 0.2) is 68.1 Å². The quantitative estimate of drug-likeness (QED) is 0.268. The first-order valence-electron chi connectivity index (χ1n) is 6.49. The monoisotopic (exact) mass is 518 g/mol. The molecule has 0 aliphatic heterocycles. The molecular weight excluding hydrogens is 511 g/mol. The zero-order chi connectivity index (χ0) is 17.0. The molecule has 2 aromatic rings. The number of hydrogen-bond acceptors (Lipinski definition) is 2. The van der Waals surface area contributed by atoms with E-state index in [9.17, 15) is 9.59 Å². The van der Waals surface area contributed by atoms with Crippen LogP contribution >= 0.6 is 59.4 Å². The first-order valence-corrected chi connectivity index (χ1v) is 9.57. The molecule has 6 heteroatoms. The van der Waals surface area contributed by atoms with Gasteiger partial charge >= 0.3 is 0 Å². The Balaban J connectivity index is 2.38. The molecule has 0 heterocycles. The van der Waals surface area contributed by atoms with Crippen molar-refractivity contribution in [3.05, 3.63) is 79.2 Å². The summed E-state index contributed by atoms with van der Waals surface area (Å²) in [7, 11) is 0. The molecule has 118 valence electrons. The van der Waals surface area contributed by atoms with Gasteiger partial charge in [-0.2, -0.15) is 0 Å². The molecule has 0 bridgehead atoms. The summed E-state index contributed by atoms with van der Waals surface area (Å²) in [5.41, 5.74) is 1.14. The van der Waals surface area contributed by atoms with Gasteiger partial charge in [0.1, 0.15) is 0 Å². The van der Waals surface area contributed by atoms with E-state index >= 15 is 0 Å². The number of allylic oxidation sites excluding steroid dienone is 2.